The van der Waals surface area contributed by atoms with Crippen LogP contribution in [0.3, 0.4) is 0 Å². The van der Waals surface area contributed by atoms with Crippen LogP contribution >= 0.6 is 15.9 Å². The molecule has 0 aromatic heterocycles. The number of ether oxygens (including phenoxy) is 1. The average Bonchev–Trinajstić information content (AvgIpc) is 2.58. The van der Waals surface area contributed by atoms with Crippen LogP contribution in [0.4, 0.5) is 0 Å². The molecule has 2 rings (SSSR count). The third-order valence-electron chi connectivity index (χ3n) is 2.61. The first-order valence-corrected chi connectivity index (χ1v) is 6.09. The topological polar surface area (TPSA) is 26.3 Å². The number of benzene rings is 1. The minimum atomic E-state index is -0.198. The minimum absolute atomic E-state index is 0.117. The van der Waals surface area contributed by atoms with Crippen molar-refractivity contribution in [2.45, 2.75) is 30.7 Å². The van der Waals surface area contributed by atoms with Crippen LogP contribution in [0.5, 0.6) is 0 Å². The lowest BCUT2D eigenvalue weighted by Gasteiger charge is -2.16. The van der Waals surface area contributed by atoms with Crippen molar-refractivity contribution in [3.63, 3.8) is 0 Å². The maximum Gasteiger partial charge on any atom is 0.339 e. The van der Waals surface area contributed by atoms with E-state index in [1.54, 1.807) is 0 Å². The molecule has 2 unspecified atom stereocenters. The van der Waals surface area contributed by atoms with Gasteiger partial charge in [-0.2, -0.15) is 0 Å². The van der Waals surface area contributed by atoms with Crippen LogP contribution in [0, 0.1) is 0 Å². The van der Waals surface area contributed by atoms with Crippen LogP contribution in [0.1, 0.15) is 41.8 Å². The molecule has 80 valence electrons. The fourth-order valence-electron chi connectivity index (χ4n) is 1.87. The number of fused-ring (bicyclic) bond motifs is 1. The van der Waals surface area contributed by atoms with E-state index in [4.69, 9.17) is 4.74 Å². The van der Waals surface area contributed by atoms with Crippen molar-refractivity contribution in [1.82, 2.24) is 0 Å². The zero-order valence-electron chi connectivity index (χ0n) is 8.57. The molecular weight excluding hydrogens is 256 g/mol. The molecule has 0 radical (unpaired) electrons. The van der Waals surface area contributed by atoms with Crippen molar-refractivity contribution in [2.24, 2.45) is 0 Å². The number of hydrogen-bond acceptors (Lipinski definition) is 2. The highest BCUT2D eigenvalue weighted by molar-refractivity contribution is 9.09. The number of cyclic esters (lactones) is 1. The van der Waals surface area contributed by atoms with Crippen LogP contribution in [0.15, 0.2) is 24.3 Å². The van der Waals surface area contributed by atoms with Crippen molar-refractivity contribution in [3.05, 3.63) is 35.4 Å². The number of esters is 1. The van der Waals surface area contributed by atoms with Gasteiger partial charge in [0.15, 0.2) is 0 Å². The molecule has 2 atom stereocenters. The molecule has 15 heavy (non-hydrogen) atoms. The second-order valence-electron chi connectivity index (χ2n) is 3.72. The van der Waals surface area contributed by atoms with Gasteiger partial charge in [0.25, 0.3) is 0 Å². The first kappa shape index (κ1) is 10.7. The van der Waals surface area contributed by atoms with Crippen molar-refractivity contribution >= 4 is 21.9 Å². The smallest absolute Gasteiger partial charge is 0.339 e. The molecule has 0 saturated carbocycles. The van der Waals surface area contributed by atoms with Crippen molar-refractivity contribution < 1.29 is 9.53 Å². The lowest BCUT2D eigenvalue weighted by molar-refractivity contribution is 0.0380. The molecular formula is C12H13BrO2. The fourth-order valence-corrected chi connectivity index (χ4v) is 2.72. The van der Waals surface area contributed by atoms with Gasteiger partial charge in [0.05, 0.1) is 10.4 Å². The summed E-state index contributed by atoms with van der Waals surface area (Å²) in [5.41, 5.74) is 1.72. The fraction of sp³-hybridized carbons (Fsp3) is 0.417. The Balaban J connectivity index is 2.28. The van der Waals surface area contributed by atoms with Gasteiger partial charge >= 0.3 is 5.97 Å². The predicted octanol–water partition coefficient (Wildman–Crippen LogP) is 3.46. The van der Waals surface area contributed by atoms with Crippen LogP contribution < -0.4 is 0 Å². The predicted molar refractivity (Wildman–Crippen MR) is 62.2 cm³/mol. The second-order valence-corrected chi connectivity index (χ2v) is 4.89. The van der Waals surface area contributed by atoms with Crippen LogP contribution in [-0.4, -0.2) is 10.8 Å². The maximum absolute atomic E-state index is 11.5. The van der Waals surface area contributed by atoms with E-state index >= 15 is 0 Å². The van der Waals surface area contributed by atoms with Gasteiger partial charge in [-0.1, -0.05) is 47.5 Å². The quantitative estimate of drug-likeness (QED) is 0.620. The molecule has 0 N–H and O–H groups in total. The zero-order valence-corrected chi connectivity index (χ0v) is 10.2. The molecule has 2 nitrogen and oxygen atoms in total. The molecule has 1 aliphatic heterocycles. The maximum atomic E-state index is 11.5. The van der Waals surface area contributed by atoms with E-state index < -0.39 is 0 Å². The highest BCUT2D eigenvalue weighted by atomic mass is 79.9. The Labute approximate surface area is 97.8 Å². The summed E-state index contributed by atoms with van der Waals surface area (Å²) in [6.07, 6.45) is 1.96. The van der Waals surface area contributed by atoms with E-state index in [9.17, 15) is 4.79 Å². The SMILES string of the molecule is CCCC(Br)C1OC(=O)c2ccccc21. The molecule has 1 aromatic carbocycles. The van der Waals surface area contributed by atoms with Crippen molar-refractivity contribution in [1.29, 1.82) is 0 Å². The lowest BCUT2D eigenvalue weighted by atomic mass is 10.0. The first-order valence-electron chi connectivity index (χ1n) is 5.18. The molecule has 0 aliphatic carbocycles. The number of rotatable bonds is 3. The monoisotopic (exact) mass is 268 g/mol. The molecule has 1 heterocycles. The van der Waals surface area contributed by atoms with Gasteiger partial charge in [0.1, 0.15) is 6.10 Å². The molecule has 1 aromatic rings. The van der Waals surface area contributed by atoms with Crippen LogP contribution in [0.2, 0.25) is 0 Å². The Morgan fingerprint density at radius 3 is 2.93 bits per heavy atom. The Hall–Kier alpha value is -0.830. The molecule has 0 saturated heterocycles. The van der Waals surface area contributed by atoms with Gasteiger partial charge < -0.3 is 4.74 Å². The normalized spacial score (nSPS) is 20.9. The highest BCUT2D eigenvalue weighted by Crippen LogP contribution is 2.37. The molecule has 0 spiro atoms. The van der Waals surface area contributed by atoms with Gasteiger partial charge in [0.2, 0.25) is 0 Å². The van der Waals surface area contributed by atoms with Crippen molar-refractivity contribution in [2.75, 3.05) is 0 Å². The minimum Gasteiger partial charge on any atom is -0.453 e. The largest absolute Gasteiger partial charge is 0.453 e. The number of alkyl halides is 1. The summed E-state index contributed by atoms with van der Waals surface area (Å²) in [5.74, 6) is -0.198. The molecule has 3 heteroatoms. The van der Waals surface area contributed by atoms with E-state index in [1.165, 1.54) is 0 Å². The summed E-state index contributed by atoms with van der Waals surface area (Å²) in [6, 6.07) is 7.60. The third-order valence-corrected chi connectivity index (χ3v) is 3.55. The molecule has 1 aliphatic rings. The van der Waals surface area contributed by atoms with Gasteiger partial charge in [0, 0.05) is 5.56 Å². The van der Waals surface area contributed by atoms with Gasteiger partial charge in [-0.25, -0.2) is 4.79 Å². The van der Waals surface area contributed by atoms with E-state index in [1.807, 2.05) is 24.3 Å². The summed E-state index contributed by atoms with van der Waals surface area (Å²) < 4.78 is 5.36. The summed E-state index contributed by atoms with van der Waals surface area (Å²) >= 11 is 3.59. The van der Waals surface area contributed by atoms with E-state index in [-0.39, 0.29) is 16.9 Å². The average molecular weight is 269 g/mol. The van der Waals surface area contributed by atoms with Crippen LogP contribution in [-0.2, 0) is 4.74 Å². The lowest BCUT2D eigenvalue weighted by Crippen LogP contribution is -2.12. The van der Waals surface area contributed by atoms with Gasteiger partial charge in [-0.15, -0.1) is 0 Å². The Morgan fingerprint density at radius 2 is 2.20 bits per heavy atom. The first-order chi connectivity index (χ1) is 7.24. The molecule has 0 amide bonds. The van der Waals surface area contributed by atoms with E-state index in [2.05, 4.69) is 22.9 Å². The standard InChI is InChI=1S/C12H13BrO2/c1-2-5-10(13)11-8-6-3-4-7-9(8)12(14)15-11/h3-4,6-7,10-11H,2,5H2,1H3. The van der Waals surface area contributed by atoms with Gasteiger partial charge in [-0.05, 0) is 12.5 Å². The van der Waals surface area contributed by atoms with Crippen molar-refractivity contribution in [3.8, 4) is 0 Å². The highest BCUT2D eigenvalue weighted by Gasteiger charge is 2.34. The second kappa shape index (κ2) is 4.35. The Kier molecular flexibility index (Phi) is 3.10. The zero-order chi connectivity index (χ0) is 10.8. The van der Waals surface area contributed by atoms with E-state index in [0.717, 1.165) is 18.4 Å². The summed E-state index contributed by atoms with van der Waals surface area (Å²) in [5, 5.41) is 0. The third kappa shape index (κ3) is 1.93. The summed E-state index contributed by atoms with van der Waals surface area (Å²) in [4.78, 5) is 11.8. The summed E-state index contributed by atoms with van der Waals surface area (Å²) in [7, 11) is 0. The summed E-state index contributed by atoms with van der Waals surface area (Å²) in [6.45, 7) is 2.12. The molecule has 0 fully saturated rings. The Bertz CT molecular complexity index is 376. The van der Waals surface area contributed by atoms with E-state index in [0.29, 0.717) is 5.56 Å². The number of carbonyl (C=O) groups is 1. The number of halogens is 1. The van der Waals surface area contributed by atoms with Crippen LogP contribution in [0.25, 0.3) is 0 Å². The number of carbonyl (C=O) groups excluding carboxylic acids is 1. The molecule has 0 bridgehead atoms. The van der Waals surface area contributed by atoms with Gasteiger partial charge in [-0.3, -0.25) is 0 Å². The Morgan fingerprint density at radius 1 is 1.47 bits per heavy atom. The number of hydrogen-bond donors (Lipinski definition) is 0.